The van der Waals surface area contributed by atoms with Crippen LogP contribution in [0.4, 0.5) is 8.78 Å². The molecule has 9 rings (SSSR count). The number of aryl methyl sites for hydroxylation is 4. The van der Waals surface area contributed by atoms with Gasteiger partial charge in [0, 0.05) is 83.4 Å². The second-order valence-electron chi connectivity index (χ2n) is 20.0. The van der Waals surface area contributed by atoms with Gasteiger partial charge in [-0.05, 0) is 46.1 Å². The molecule has 4 aromatic heterocycles. The summed E-state index contributed by atoms with van der Waals surface area (Å²) < 4.78 is 60.5. The van der Waals surface area contributed by atoms with Crippen molar-refractivity contribution in [1.29, 1.82) is 0 Å². The van der Waals surface area contributed by atoms with Crippen LogP contribution in [0.3, 0.4) is 0 Å². The average Bonchev–Trinajstić information content (AvgIpc) is 3.54. The second-order valence-corrected chi connectivity index (χ2v) is 21.5. The van der Waals surface area contributed by atoms with E-state index in [2.05, 4.69) is 63.9 Å². The first kappa shape index (κ1) is 72.8. The number of aliphatic hydroxyl groups excluding tert-OH is 5. The molecule has 0 aliphatic carbocycles. The number of hydrogen-bond acceptors (Lipinski definition) is 19. The van der Waals surface area contributed by atoms with Gasteiger partial charge in [0.2, 0.25) is 0 Å². The number of aromatic nitrogens is 8. The predicted molar refractivity (Wildman–Crippen MR) is 316 cm³/mol. The van der Waals surface area contributed by atoms with Crippen molar-refractivity contribution in [1.82, 2.24) is 38.2 Å². The Bertz CT molecular complexity index is 3130. The summed E-state index contributed by atoms with van der Waals surface area (Å²) >= 11 is 6.17. The third-order valence-electron chi connectivity index (χ3n) is 13.6. The van der Waals surface area contributed by atoms with Gasteiger partial charge < -0.3 is 54.0 Å². The number of ether oxygens (including phenoxy) is 6. The maximum absolute atomic E-state index is 12.1. The van der Waals surface area contributed by atoms with Crippen LogP contribution in [0.1, 0.15) is 105 Å². The smallest absolute Gasteiger partial charge is 0.330 e. The fourth-order valence-electron chi connectivity index (χ4n) is 8.98. The topological polar surface area (TPSA) is 376 Å². The van der Waals surface area contributed by atoms with Gasteiger partial charge in [0.1, 0.15) is 43.8 Å². The van der Waals surface area contributed by atoms with Gasteiger partial charge in [0.15, 0.2) is 0 Å². The third-order valence-corrected chi connectivity index (χ3v) is 14.2. The van der Waals surface area contributed by atoms with E-state index in [4.69, 9.17) is 33.5 Å². The maximum atomic E-state index is 12.1. The van der Waals surface area contributed by atoms with Crippen molar-refractivity contribution in [3.63, 3.8) is 0 Å². The molecule has 0 unspecified atom stereocenters. The van der Waals surface area contributed by atoms with Crippen LogP contribution in [0, 0.1) is 27.7 Å². The molecule has 0 saturated carbocycles. The van der Waals surface area contributed by atoms with E-state index in [0.717, 1.165) is 11.9 Å². The molecule has 4 saturated heterocycles. The van der Waals surface area contributed by atoms with E-state index in [-0.39, 0.29) is 45.1 Å². The van der Waals surface area contributed by atoms with Gasteiger partial charge in [-0.3, -0.25) is 61.8 Å². The summed E-state index contributed by atoms with van der Waals surface area (Å²) in [7, 11) is 0. The Morgan fingerprint density at radius 3 is 1.15 bits per heavy atom. The first-order valence-electron chi connectivity index (χ1n) is 27.6. The van der Waals surface area contributed by atoms with Gasteiger partial charge in [0.25, 0.3) is 22.2 Å². The number of hydrogen-bond donors (Lipinski definition) is 9. The Kier molecular flexibility index (Phi) is 31.0. The van der Waals surface area contributed by atoms with Crippen molar-refractivity contribution in [2.24, 2.45) is 0 Å². The number of alkyl halides is 4. The molecule has 1 aromatic carbocycles. The van der Waals surface area contributed by atoms with E-state index in [0.29, 0.717) is 66.3 Å². The molecule has 0 amide bonds. The molecular weight excluding hydrogens is 1270 g/mol. The van der Waals surface area contributed by atoms with Gasteiger partial charge in [-0.25, -0.2) is 23.6 Å². The molecule has 480 valence electrons. The summed E-state index contributed by atoms with van der Waals surface area (Å²) in [6, 6.07) is 10.2. The maximum Gasteiger partial charge on any atom is 0.330 e. The molecule has 8 heterocycles. The Labute approximate surface area is 507 Å². The number of benzene rings is 1. The van der Waals surface area contributed by atoms with Crippen LogP contribution in [0.2, 0.25) is 0 Å². The Morgan fingerprint density at radius 2 is 0.849 bits per heavy atom. The monoisotopic (exact) mass is 1350 g/mol. The van der Waals surface area contributed by atoms with E-state index in [1.807, 2.05) is 32.0 Å². The lowest BCUT2D eigenvalue weighted by atomic mass is 10.1. The van der Waals surface area contributed by atoms with Crippen LogP contribution in [0.5, 0.6) is 0 Å². The number of nitrogens with one attached hydrogen (secondary N) is 4. The average molecular weight is 1350 g/mol. The summed E-state index contributed by atoms with van der Waals surface area (Å²) in [5, 5.41) is 48.5. The van der Waals surface area contributed by atoms with Crippen LogP contribution in [0.15, 0.2) is 93.5 Å². The van der Waals surface area contributed by atoms with E-state index in [1.54, 1.807) is 27.7 Å². The van der Waals surface area contributed by atoms with Crippen LogP contribution in [-0.4, -0.2) is 163 Å². The lowest BCUT2D eigenvalue weighted by Gasteiger charge is -2.15. The minimum Gasteiger partial charge on any atom is -0.394 e. The lowest BCUT2D eigenvalue weighted by Crippen LogP contribution is -2.33. The molecule has 12 atom stereocenters. The van der Waals surface area contributed by atoms with Crippen LogP contribution in [0.25, 0.3) is 0 Å². The molecule has 0 spiro atoms. The fraction of sp³-hybridized carbons (Fsp3) is 0.600. The Balaban J connectivity index is 0.000000229. The minimum atomic E-state index is -0.816. The zero-order valence-corrected chi connectivity index (χ0v) is 51.7. The molecule has 9 N–H and O–H groups in total. The van der Waals surface area contributed by atoms with E-state index < -0.39 is 113 Å². The summed E-state index contributed by atoms with van der Waals surface area (Å²) in [4.78, 5) is 100. The SMILES string of the molecule is BrCCOCc1ccccc1.CC[C@H]1O[C@@H](n2cc(C)c(=O)[nH]c2=O)C[C@H]1O.CC[C@H]1O[C@@H](n2cc(C)c(=O)[nH]c2=O)C[C@H]1O.Cc1cn([C@H]2C[C@@H](O)[C@@H](CO)O2)c(=O)[nH]c1=O.Cc1cn([C@H]2C[C@@H](OCCF)[C@@H](CO)O2)c(=O)[nH]c1=O.FCCBr. The largest absolute Gasteiger partial charge is 0.394 e. The van der Waals surface area contributed by atoms with Crippen LogP contribution in [-0.2, 0) is 35.0 Å². The quantitative estimate of drug-likeness (QED) is 0.0502. The number of halogens is 4. The van der Waals surface area contributed by atoms with Crippen LogP contribution < -0.4 is 45.0 Å². The third kappa shape index (κ3) is 21.3. The summed E-state index contributed by atoms with van der Waals surface area (Å²) in [5.74, 6) is 0. The molecule has 0 radical (unpaired) electrons. The number of nitrogens with zero attached hydrogens (tertiary/aromatic N) is 4. The number of rotatable bonds is 16. The van der Waals surface area contributed by atoms with Crippen molar-refractivity contribution in [2.75, 3.05) is 50.4 Å². The molecule has 0 bridgehead atoms. The van der Waals surface area contributed by atoms with E-state index >= 15 is 0 Å². The predicted octanol–water partition coefficient (Wildman–Crippen LogP) is 1.72. The molecule has 4 aliphatic rings. The van der Waals surface area contributed by atoms with Gasteiger partial charge >= 0.3 is 22.8 Å². The Hall–Kier alpha value is -5.68. The van der Waals surface area contributed by atoms with E-state index in [9.17, 15) is 67.6 Å². The minimum absolute atomic E-state index is 0.0865. The number of H-pyrrole nitrogens is 4. The van der Waals surface area contributed by atoms with Gasteiger partial charge in [0.05, 0.1) is 76.3 Å². The van der Waals surface area contributed by atoms with Gasteiger partial charge in [-0.2, -0.15) is 0 Å². The fourth-order valence-corrected chi connectivity index (χ4v) is 9.21. The van der Waals surface area contributed by atoms with Crippen molar-refractivity contribution in [3.8, 4) is 0 Å². The zero-order valence-electron chi connectivity index (χ0n) is 48.5. The molecule has 5 aromatic rings. The zero-order chi connectivity index (χ0) is 63.8. The molecule has 4 fully saturated rings. The first-order chi connectivity index (χ1) is 41.0. The molecular formula is C55H78Br2F2N8O19. The molecule has 86 heavy (non-hydrogen) atoms. The normalized spacial score (nSPS) is 24.6. The van der Waals surface area contributed by atoms with E-state index in [1.165, 1.54) is 48.6 Å². The van der Waals surface area contributed by atoms with Crippen molar-refractivity contribution in [3.05, 3.63) is 166 Å². The van der Waals surface area contributed by atoms with Crippen molar-refractivity contribution in [2.45, 2.75) is 160 Å². The van der Waals surface area contributed by atoms with Crippen molar-refractivity contribution >= 4 is 31.9 Å². The standard InChI is InChI=1S/C12H17FN2O5.2C11H16N2O4.C10H14N2O5.C9H11BrO.C2H4BrF/c1-7-5-15(12(18)14-11(7)17)10-4-8(19-3-2-13)9(6-16)20-10;2*1-3-8-7(14)4-9(17-8)13-5-6(2)10(15)12-11(13)16;1-5-3-12(10(16)11-9(5)15)8-2-6(14)7(4-13)17-8;10-6-7-11-8-9-4-2-1-3-5-9;3-1-2-4/h5,8-10,16H,2-4,6H2,1H3,(H,14,17,18);2*5,7-9,14H,3-4H2,1-2H3,(H,12,15,16);3,6-8,13-14H,2,4H2,1H3,(H,11,15,16);1-5H,6-8H2;1-2H2/t8-,9-,10-;2*7-,8-,9-;6-,7-,8-;;/m1111../s1. The summed E-state index contributed by atoms with van der Waals surface area (Å²) in [5.41, 5.74) is -0.977. The highest BCUT2D eigenvalue weighted by atomic mass is 79.9. The van der Waals surface area contributed by atoms with Gasteiger partial charge in [-0.1, -0.05) is 76.0 Å². The summed E-state index contributed by atoms with van der Waals surface area (Å²) in [6.45, 7) is 10.1. The first-order valence-corrected chi connectivity index (χ1v) is 29.9. The highest BCUT2D eigenvalue weighted by Gasteiger charge is 2.38. The molecule has 4 aliphatic heterocycles. The second kappa shape index (κ2) is 36.6. The highest BCUT2D eigenvalue weighted by molar-refractivity contribution is 9.09. The lowest BCUT2D eigenvalue weighted by molar-refractivity contribution is -0.0635. The van der Waals surface area contributed by atoms with Gasteiger partial charge in [-0.15, -0.1) is 0 Å². The molecule has 31 heteroatoms. The number of aromatic amines is 4. The van der Waals surface area contributed by atoms with Crippen molar-refractivity contribution < 1.29 is 62.7 Å². The number of aliphatic hydroxyl groups is 5. The molecule has 27 nitrogen and oxygen atoms in total. The Morgan fingerprint density at radius 1 is 0.512 bits per heavy atom. The van der Waals surface area contributed by atoms with Crippen LogP contribution >= 0.6 is 31.9 Å². The summed E-state index contributed by atoms with van der Waals surface area (Å²) in [6.07, 6.45) is 1.77. The highest BCUT2D eigenvalue weighted by Crippen LogP contribution is 2.32.